The van der Waals surface area contributed by atoms with E-state index in [0.717, 1.165) is 18.5 Å². The van der Waals surface area contributed by atoms with Gasteiger partial charge in [0, 0.05) is 25.0 Å². The molecule has 0 saturated carbocycles. The van der Waals surface area contributed by atoms with E-state index in [1.807, 2.05) is 18.2 Å². The van der Waals surface area contributed by atoms with Crippen LogP contribution in [0.4, 0.5) is 0 Å². The van der Waals surface area contributed by atoms with Crippen molar-refractivity contribution in [1.29, 1.82) is 0 Å². The topological polar surface area (TPSA) is 45.2 Å². The quantitative estimate of drug-likeness (QED) is 0.891. The van der Waals surface area contributed by atoms with Crippen molar-refractivity contribution in [2.24, 2.45) is 0 Å². The van der Waals surface area contributed by atoms with Gasteiger partial charge in [0.25, 0.3) is 0 Å². The molecule has 1 aromatic heterocycles. The van der Waals surface area contributed by atoms with E-state index in [1.165, 1.54) is 18.4 Å². The molecule has 23 heavy (non-hydrogen) atoms. The Morgan fingerprint density at radius 1 is 1.17 bits per heavy atom. The zero-order chi connectivity index (χ0) is 15.9. The molecule has 1 amide bonds. The van der Waals surface area contributed by atoms with Crippen LogP contribution in [0.25, 0.3) is 0 Å². The minimum atomic E-state index is 0.0915. The van der Waals surface area contributed by atoms with Gasteiger partial charge in [0.1, 0.15) is 0 Å². The smallest absolute Gasteiger partial charge is 0.234 e. The number of nitrogens with one attached hydrogen (secondary N) is 1. The molecule has 0 radical (unpaired) electrons. The number of amides is 1. The minimum Gasteiger partial charge on any atom is -0.351 e. The summed E-state index contributed by atoms with van der Waals surface area (Å²) < 4.78 is 0. The van der Waals surface area contributed by atoms with E-state index >= 15 is 0 Å². The van der Waals surface area contributed by atoms with Crippen molar-refractivity contribution in [2.45, 2.75) is 31.8 Å². The van der Waals surface area contributed by atoms with Crippen LogP contribution in [-0.2, 0) is 17.8 Å². The zero-order valence-corrected chi connectivity index (χ0v) is 13.3. The number of hydrogen-bond donors (Lipinski definition) is 1. The number of aromatic nitrogens is 1. The van der Waals surface area contributed by atoms with Gasteiger partial charge in [0.05, 0.1) is 6.54 Å². The van der Waals surface area contributed by atoms with Crippen LogP contribution in [0.15, 0.2) is 54.9 Å². The fourth-order valence-corrected chi connectivity index (χ4v) is 3.16. The normalized spacial score (nSPS) is 18.0. The summed E-state index contributed by atoms with van der Waals surface area (Å²) in [4.78, 5) is 18.6. The first-order valence-electron chi connectivity index (χ1n) is 8.25. The number of carbonyl (C=O) groups excluding carboxylic acids is 1. The van der Waals surface area contributed by atoms with E-state index in [0.29, 0.717) is 19.1 Å². The van der Waals surface area contributed by atoms with Crippen LogP contribution >= 0.6 is 0 Å². The van der Waals surface area contributed by atoms with Crippen LogP contribution in [0.3, 0.4) is 0 Å². The van der Waals surface area contributed by atoms with Gasteiger partial charge in [-0.15, -0.1) is 0 Å². The fourth-order valence-electron chi connectivity index (χ4n) is 3.16. The van der Waals surface area contributed by atoms with Crippen LogP contribution in [0.1, 0.15) is 24.0 Å². The zero-order valence-electron chi connectivity index (χ0n) is 13.3. The Balaban J connectivity index is 1.49. The highest BCUT2D eigenvalue weighted by Gasteiger charge is 2.26. The van der Waals surface area contributed by atoms with Crippen molar-refractivity contribution >= 4 is 5.91 Å². The average Bonchev–Trinajstić information content (AvgIpc) is 3.02. The molecule has 0 unspecified atom stereocenters. The van der Waals surface area contributed by atoms with Crippen molar-refractivity contribution in [3.05, 3.63) is 66.0 Å². The molecule has 0 aliphatic carbocycles. The summed E-state index contributed by atoms with van der Waals surface area (Å²) in [7, 11) is 0. The van der Waals surface area contributed by atoms with Gasteiger partial charge in [-0.05, 0) is 43.0 Å². The van der Waals surface area contributed by atoms with Gasteiger partial charge in [-0.1, -0.05) is 36.4 Å². The van der Waals surface area contributed by atoms with Gasteiger partial charge >= 0.3 is 0 Å². The van der Waals surface area contributed by atoms with Crippen LogP contribution in [0.2, 0.25) is 0 Å². The largest absolute Gasteiger partial charge is 0.351 e. The second-order valence-electron chi connectivity index (χ2n) is 6.09. The molecule has 1 fully saturated rings. The Morgan fingerprint density at radius 3 is 2.78 bits per heavy atom. The predicted octanol–water partition coefficient (Wildman–Crippen LogP) is 2.40. The number of hydrogen-bond acceptors (Lipinski definition) is 3. The summed E-state index contributed by atoms with van der Waals surface area (Å²) in [5, 5.41) is 2.99. The molecule has 1 aliphatic heterocycles. The molecule has 4 nitrogen and oxygen atoms in total. The summed E-state index contributed by atoms with van der Waals surface area (Å²) >= 11 is 0. The Hall–Kier alpha value is -2.20. The standard InChI is InChI=1S/C19H23N3O/c23-19(21-14-17-8-4-10-20-13-17)15-22-11-5-9-18(22)12-16-6-2-1-3-7-16/h1-4,6-8,10,13,18H,5,9,11-12,14-15H2,(H,21,23)/t18-/m0/s1. The van der Waals surface area contributed by atoms with Gasteiger partial charge in [0.15, 0.2) is 0 Å². The highest BCUT2D eigenvalue weighted by molar-refractivity contribution is 5.78. The fraction of sp³-hybridized carbons (Fsp3) is 0.368. The number of benzene rings is 1. The van der Waals surface area contributed by atoms with Gasteiger partial charge in [-0.3, -0.25) is 14.7 Å². The van der Waals surface area contributed by atoms with Gasteiger partial charge < -0.3 is 5.32 Å². The molecule has 2 heterocycles. The van der Waals surface area contributed by atoms with Crippen LogP contribution < -0.4 is 5.32 Å². The van der Waals surface area contributed by atoms with Gasteiger partial charge in [0.2, 0.25) is 5.91 Å². The molecule has 1 N–H and O–H groups in total. The van der Waals surface area contributed by atoms with Gasteiger partial charge in [-0.25, -0.2) is 0 Å². The average molecular weight is 309 g/mol. The van der Waals surface area contributed by atoms with Crippen molar-refractivity contribution in [3.8, 4) is 0 Å². The molecule has 1 saturated heterocycles. The lowest BCUT2D eigenvalue weighted by atomic mass is 10.0. The van der Waals surface area contributed by atoms with Crippen LogP contribution in [-0.4, -0.2) is 34.9 Å². The molecule has 2 aromatic rings. The van der Waals surface area contributed by atoms with E-state index < -0.39 is 0 Å². The number of nitrogens with zero attached hydrogens (tertiary/aromatic N) is 2. The van der Waals surface area contributed by atoms with Crippen molar-refractivity contribution in [1.82, 2.24) is 15.2 Å². The van der Waals surface area contributed by atoms with E-state index in [1.54, 1.807) is 12.4 Å². The summed E-state index contributed by atoms with van der Waals surface area (Å²) in [5.41, 5.74) is 2.38. The first-order chi connectivity index (χ1) is 11.3. The molecule has 4 heteroatoms. The predicted molar refractivity (Wildman–Crippen MR) is 90.8 cm³/mol. The lowest BCUT2D eigenvalue weighted by Gasteiger charge is -2.24. The maximum absolute atomic E-state index is 12.2. The number of rotatable bonds is 6. The van der Waals surface area contributed by atoms with Crippen molar-refractivity contribution < 1.29 is 4.79 Å². The van der Waals surface area contributed by atoms with E-state index in [2.05, 4.69) is 39.5 Å². The Morgan fingerprint density at radius 2 is 2.00 bits per heavy atom. The Bertz CT molecular complexity index is 615. The third-order valence-electron chi connectivity index (χ3n) is 4.37. The van der Waals surface area contributed by atoms with Crippen LogP contribution in [0, 0.1) is 0 Å². The highest BCUT2D eigenvalue weighted by Crippen LogP contribution is 2.20. The third kappa shape index (κ3) is 4.63. The van der Waals surface area contributed by atoms with Gasteiger partial charge in [-0.2, -0.15) is 0 Å². The Kier molecular flexibility index (Phi) is 5.37. The second-order valence-corrected chi connectivity index (χ2v) is 6.09. The number of carbonyl (C=O) groups is 1. The maximum atomic E-state index is 12.2. The highest BCUT2D eigenvalue weighted by atomic mass is 16.2. The summed E-state index contributed by atoms with van der Waals surface area (Å²) in [6.45, 7) is 2.04. The Labute approximate surface area is 137 Å². The van der Waals surface area contributed by atoms with E-state index in [9.17, 15) is 4.79 Å². The summed E-state index contributed by atoms with van der Waals surface area (Å²) in [6.07, 6.45) is 6.90. The molecular weight excluding hydrogens is 286 g/mol. The molecule has 1 atom stereocenters. The lowest BCUT2D eigenvalue weighted by Crippen LogP contribution is -2.40. The van der Waals surface area contributed by atoms with Crippen LogP contribution in [0.5, 0.6) is 0 Å². The molecule has 1 aliphatic rings. The summed E-state index contributed by atoms with van der Waals surface area (Å²) in [5.74, 6) is 0.0915. The molecule has 3 rings (SSSR count). The van der Waals surface area contributed by atoms with E-state index in [-0.39, 0.29) is 5.91 Å². The molecule has 120 valence electrons. The lowest BCUT2D eigenvalue weighted by molar-refractivity contribution is -0.122. The minimum absolute atomic E-state index is 0.0915. The SMILES string of the molecule is O=C(CN1CCC[C@H]1Cc1ccccc1)NCc1cccnc1. The maximum Gasteiger partial charge on any atom is 0.234 e. The first-order valence-corrected chi connectivity index (χ1v) is 8.25. The third-order valence-corrected chi connectivity index (χ3v) is 4.37. The second kappa shape index (κ2) is 7.88. The van der Waals surface area contributed by atoms with Crippen molar-refractivity contribution in [2.75, 3.05) is 13.1 Å². The molecule has 0 spiro atoms. The van der Waals surface area contributed by atoms with Crippen molar-refractivity contribution in [3.63, 3.8) is 0 Å². The molecule has 1 aromatic carbocycles. The molecule has 0 bridgehead atoms. The summed E-state index contributed by atoms with van der Waals surface area (Å²) in [6, 6.07) is 14.9. The first kappa shape index (κ1) is 15.7. The number of likely N-dealkylation sites (tertiary alicyclic amines) is 1. The van der Waals surface area contributed by atoms with E-state index in [4.69, 9.17) is 0 Å². The monoisotopic (exact) mass is 309 g/mol. The number of pyridine rings is 1. The molecular formula is C19H23N3O.